The molecule has 1 atom stereocenters. The highest BCUT2D eigenvalue weighted by atomic mass is 35.5. The molecule has 1 aliphatic carbocycles. The molecule has 8 nitrogen and oxygen atoms in total. The number of amides is 1. The van der Waals surface area contributed by atoms with Gasteiger partial charge in [-0.15, -0.1) is 5.10 Å². The van der Waals surface area contributed by atoms with Gasteiger partial charge < -0.3 is 26.5 Å². The van der Waals surface area contributed by atoms with Crippen LogP contribution in [0.5, 0.6) is 0 Å². The van der Waals surface area contributed by atoms with Crippen LogP contribution in [0.25, 0.3) is 0 Å². The lowest BCUT2D eigenvalue weighted by Gasteiger charge is -2.29. The second-order valence-electron chi connectivity index (χ2n) is 10.5. The van der Waals surface area contributed by atoms with E-state index in [9.17, 15) is 9.59 Å². The van der Waals surface area contributed by atoms with Crippen LogP contribution >= 0.6 is 11.6 Å². The highest BCUT2D eigenvalue weighted by Crippen LogP contribution is 2.33. The Morgan fingerprint density at radius 1 is 1.00 bits per heavy atom. The first kappa shape index (κ1) is 29.9. The number of hydrazone groups is 1. The van der Waals surface area contributed by atoms with Gasteiger partial charge in [-0.3, -0.25) is 9.59 Å². The number of nitrogens with one attached hydrogen (secondary N) is 2. The average molecular weight is 576 g/mol. The lowest BCUT2D eigenvalue weighted by Crippen LogP contribution is -2.43. The summed E-state index contributed by atoms with van der Waals surface area (Å²) in [5, 5.41) is 19.7. The Kier molecular flexibility index (Phi) is 10.6. The summed E-state index contributed by atoms with van der Waals surface area (Å²) in [7, 11) is 0. The molecule has 0 spiro atoms. The number of guanidine groups is 1. The van der Waals surface area contributed by atoms with Crippen molar-refractivity contribution in [2.45, 2.75) is 64.0 Å². The molecule has 0 aromatic heterocycles. The number of carbonyl (C=O) groups is 2. The van der Waals surface area contributed by atoms with Gasteiger partial charge in [0.25, 0.3) is 5.91 Å². The number of nitrogens with two attached hydrogens (primary N) is 1. The second-order valence-corrected chi connectivity index (χ2v) is 10.9. The van der Waals surface area contributed by atoms with Gasteiger partial charge in [0.15, 0.2) is 0 Å². The molecule has 1 fully saturated rings. The molecule has 4 rings (SSSR count). The maximum Gasteiger partial charge on any atom is 0.305 e. The summed E-state index contributed by atoms with van der Waals surface area (Å²) in [5.74, 6) is 5.81. The first-order valence-electron chi connectivity index (χ1n) is 14.1. The Labute approximate surface area is 246 Å². The smallest absolute Gasteiger partial charge is 0.305 e. The highest BCUT2D eigenvalue weighted by molar-refractivity contribution is 6.30. The first-order chi connectivity index (χ1) is 19.8. The van der Waals surface area contributed by atoms with Crippen LogP contribution in [-0.2, 0) is 11.3 Å². The topological polar surface area (TPSA) is 120 Å². The van der Waals surface area contributed by atoms with Crippen LogP contribution < -0.4 is 21.4 Å². The maximum absolute atomic E-state index is 12.4. The van der Waals surface area contributed by atoms with Crippen molar-refractivity contribution in [3.8, 4) is 0 Å². The van der Waals surface area contributed by atoms with E-state index in [1.807, 2.05) is 48.2 Å². The van der Waals surface area contributed by atoms with Gasteiger partial charge in [-0.1, -0.05) is 67.3 Å². The first-order valence-corrected chi connectivity index (χ1v) is 14.5. The zero-order valence-electron chi connectivity index (χ0n) is 23.4. The Morgan fingerprint density at radius 3 is 2.27 bits per heavy atom. The Hall–Kier alpha value is -4.04. The van der Waals surface area contributed by atoms with E-state index in [1.54, 1.807) is 12.1 Å². The van der Waals surface area contributed by atoms with Crippen molar-refractivity contribution in [1.82, 2.24) is 10.6 Å². The van der Waals surface area contributed by atoms with Gasteiger partial charge in [0.2, 0.25) is 5.96 Å². The number of aliphatic carboxylic acids is 1. The third kappa shape index (κ3) is 8.47. The van der Waals surface area contributed by atoms with Crippen molar-refractivity contribution >= 4 is 35.1 Å². The molecule has 3 aromatic rings. The van der Waals surface area contributed by atoms with Gasteiger partial charge in [-0.25, -0.2) is 0 Å². The molecule has 0 heterocycles. The number of hydrogen-bond acceptors (Lipinski definition) is 4. The minimum absolute atomic E-state index is 0.0777. The fourth-order valence-electron chi connectivity index (χ4n) is 5.19. The van der Waals surface area contributed by atoms with Crippen molar-refractivity contribution in [3.05, 3.63) is 100 Å². The number of hydrogen-bond donors (Lipinski definition) is 4. The van der Waals surface area contributed by atoms with Crippen LogP contribution in [0.4, 0.5) is 5.69 Å². The molecule has 41 heavy (non-hydrogen) atoms. The van der Waals surface area contributed by atoms with Crippen LogP contribution in [0, 0.1) is 0 Å². The van der Waals surface area contributed by atoms with E-state index in [2.05, 4.69) is 40.0 Å². The average Bonchev–Trinajstić information content (AvgIpc) is 2.99. The van der Waals surface area contributed by atoms with E-state index in [-0.39, 0.29) is 24.9 Å². The van der Waals surface area contributed by atoms with Crippen LogP contribution in [0.3, 0.4) is 0 Å². The SMILES string of the molecule is CC(N/C(=N/N)N(Cc1ccc(C(=O)NCCC(=O)O)cc1)c1ccc(C2CCCCC2)cc1)c1ccc(Cl)cc1. The van der Waals surface area contributed by atoms with Gasteiger partial charge >= 0.3 is 5.97 Å². The summed E-state index contributed by atoms with van der Waals surface area (Å²) in [6.07, 6.45) is 6.22. The number of rotatable bonds is 10. The summed E-state index contributed by atoms with van der Waals surface area (Å²) in [5.41, 5.74) is 4.76. The van der Waals surface area contributed by atoms with Gasteiger partial charge in [-0.2, -0.15) is 0 Å². The summed E-state index contributed by atoms with van der Waals surface area (Å²) in [4.78, 5) is 25.2. The fraction of sp³-hybridized carbons (Fsp3) is 0.344. The molecular weight excluding hydrogens is 538 g/mol. The number of nitrogens with zero attached hydrogens (tertiary/aromatic N) is 2. The van der Waals surface area contributed by atoms with Crippen molar-refractivity contribution in [2.24, 2.45) is 10.9 Å². The van der Waals surface area contributed by atoms with Crippen molar-refractivity contribution in [2.75, 3.05) is 11.4 Å². The van der Waals surface area contributed by atoms with E-state index in [1.165, 1.54) is 37.7 Å². The molecule has 1 unspecified atom stereocenters. The zero-order valence-corrected chi connectivity index (χ0v) is 24.1. The molecule has 5 N–H and O–H groups in total. The Balaban J connectivity index is 1.55. The van der Waals surface area contributed by atoms with Crippen LogP contribution in [-0.4, -0.2) is 29.5 Å². The molecule has 9 heteroatoms. The quantitative estimate of drug-likeness (QED) is 0.0991. The summed E-state index contributed by atoms with van der Waals surface area (Å²) in [6, 6.07) is 23.5. The third-order valence-corrected chi connectivity index (χ3v) is 7.81. The van der Waals surface area contributed by atoms with Gasteiger partial charge in [-0.05, 0) is 78.8 Å². The lowest BCUT2D eigenvalue weighted by atomic mass is 9.84. The fourth-order valence-corrected chi connectivity index (χ4v) is 5.32. The molecule has 1 amide bonds. The number of carboxylic acid groups (broad SMARTS) is 1. The van der Waals surface area contributed by atoms with Crippen LogP contribution in [0.15, 0.2) is 77.9 Å². The molecular formula is C32H38ClN5O3. The molecule has 0 saturated heterocycles. The molecule has 0 radical (unpaired) electrons. The Morgan fingerprint density at radius 2 is 1.66 bits per heavy atom. The predicted octanol–water partition coefficient (Wildman–Crippen LogP) is 6.18. The minimum atomic E-state index is -0.955. The van der Waals surface area contributed by atoms with Crippen LogP contribution in [0.1, 0.15) is 84.5 Å². The van der Waals surface area contributed by atoms with E-state index in [0.717, 1.165) is 16.8 Å². The normalized spacial score (nSPS) is 14.7. The van der Waals surface area contributed by atoms with E-state index in [4.69, 9.17) is 22.6 Å². The minimum Gasteiger partial charge on any atom is -0.481 e. The second kappa shape index (κ2) is 14.6. The number of carbonyl (C=O) groups excluding carboxylic acids is 1. The van der Waals surface area contributed by atoms with E-state index in [0.29, 0.717) is 29.0 Å². The Bertz CT molecular complexity index is 1320. The molecule has 3 aromatic carbocycles. The summed E-state index contributed by atoms with van der Waals surface area (Å²) >= 11 is 6.09. The predicted molar refractivity (Wildman–Crippen MR) is 164 cm³/mol. The molecule has 216 valence electrons. The van der Waals surface area contributed by atoms with Crippen molar-refractivity contribution in [1.29, 1.82) is 0 Å². The molecule has 1 aliphatic rings. The van der Waals surface area contributed by atoms with Gasteiger partial charge in [0.05, 0.1) is 19.0 Å². The molecule has 0 bridgehead atoms. The summed E-state index contributed by atoms with van der Waals surface area (Å²) < 4.78 is 0. The highest BCUT2D eigenvalue weighted by Gasteiger charge is 2.20. The number of carboxylic acids is 1. The monoisotopic (exact) mass is 575 g/mol. The van der Waals surface area contributed by atoms with Gasteiger partial charge in [0, 0.05) is 22.8 Å². The number of anilines is 1. The number of halogens is 1. The molecule has 1 saturated carbocycles. The van der Waals surface area contributed by atoms with Crippen molar-refractivity contribution < 1.29 is 14.7 Å². The van der Waals surface area contributed by atoms with E-state index >= 15 is 0 Å². The molecule has 0 aliphatic heterocycles. The zero-order chi connectivity index (χ0) is 29.2. The standard InChI is InChI=1S/C32H38ClN5O3/c1-22(24-11-15-28(33)16-12-24)36-32(37-34)38(29-17-13-26(14-18-29)25-5-3-2-4-6-25)21-23-7-9-27(10-8-23)31(41)35-20-19-30(39)40/h7-18,22,25H,2-6,19-21,34H2,1H3,(H,35,41)(H,36,37)(H,39,40). The number of benzene rings is 3. The summed E-state index contributed by atoms with van der Waals surface area (Å²) in [6.45, 7) is 2.57. The van der Waals surface area contributed by atoms with Crippen molar-refractivity contribution in [3.63, 3.8) is 0 Å². The maximum atomic E-state index is 12.4. The lowest BCUT2D eigenvalue weighted by molar-refractivity contribution is -0.136. The van der Waals surface area contributed by atoms with Crippen LogP contribution in [0.2, 0.25) is 5.02 Å². The third-order valence-electron chi connectivity index (χ3n) is 7.56. The largest absolute Gasteiger partial charge is 0.481 e. The van der Waals surface area contributed by atoms with E-state index < -0.39 is 5.97 Å². The van der Waals surface area contributed by atoms with Gasteiger partial charge in [0.1, 0.15) is 0 Å².